The number of rotatable bonds is 3. The quantitative estimate of drug-likeness (QED) is 0.766. The van der Waals surface area contributed by atoms with Crippen molar-refractivity contribution in [3.8, 4) is 0 Å². The molecule has 1 heterocycles. The summed E-state index contributed by atoms with van der Waals surface area (Å²) in [6.07, 6.45) is 9.74. The second-order valence-corrected chi connectivity index (χ2v) is 6.74. The van der Waals surface area contributed by atoms with Gasteiger partial charge in [-0.15, -0.1) is 0 Å². The maximum atomic E-state index is 6.14. The molecule has 0 aromatic carbocycles. The summed E-state index contributed by atoms with van der Waals surface area (Å²) in [6.45, 7) is 8.23. The van der Waals surface area contributed by atoms with Gasteiger partial charge in [-0.05, 0) is 44.1 Å². The second kappa shape index (κ2) is 5.71. The first-order valence-corrected chi connectivity index (χ1v) is 7.59. The molecular weight excluding hydrogens is 208 g/mol. The van der Waals surface area contributed by atoms with E-state index in [0.717, 1.165) is 18.5 Å². The Morgan fingerprint density at radius 3 is 2.24 bits per heavy atom. The molecule has 1 saturated carbocycles. The zero-order valence-electron chi connectivity index (χ0n) is 11.8. The van der Waals surface area contributed by atoms with Crippen molar-refractivity contribution in [3.63, 3.8) is 0 Å². The lowest BCUT2D eigenvalue weighted by molar-refractivity contribution is 0.130. The summed E-state index contributed by atoms with van der Waals surface area (Å²) in [5.41, 5.74) is 6.58. The summed E-state index contributed by atoms with van der Waals surface area (Å²) in [5, 5.41) is 0. The van der Waals surface area contributed by atoms with Crippen molar-refractivity contribution in [1.82, 2.24) is 4.90 Å². The van der Waals surface area contributed by atoms with E-state index >= 15 is 0 Å². The van der Waals surface area contributed by atoms with Gasteiger partial charge in [-0.1, -0.05) is 32.6 Å². The summed E-state index contributed by atoms with van der Waals surface area (Å²) in [4.78, 5) is 2.71. The predicted octanol–water partition coefficient (Wildman–Crippen LogP) is 3.02. The van der Waals surface area contributed by atoms with Crippen LogP contribution >= 0.6 is 0 Å². The van der Waals surface area contributed by atoms with Crippen LogP contribution in [0.4, 0.5) is 0 Å². The summed E-state index contributed by atoms with van der Waals surface area (Å²) in [7, 11) is 0. The lowest BCUT2D eigenvalue weighted by Crippen LogP contribution is -2.43. The van der Waals surface area contributed by atoms with Gasteiger partial charge in [0, 0.05) is 19.1 Å². The molecule has 2 atom stereocenters. The van der Waals surface area contributed by atoms with Crippen molar-refractivity contribution in [3.05, 3.63) is 0 Å². The largest absolute Gasteiger partial charge is 0.330 e. The van der Waals surface area contributed by atoms with Gasteiger partial charge in [0.1, 0.15) is 0 Å². The Bertz CT molecular complexity index is 231. The van der Waals surface area contributed by atoms with Gasteiger partial charge in [-0.25, -0.2) is 0 Å². The molecule has 2 nitrogen and oxygen atoms in total. The topological polar surface area (TPSA) is 29.3 Å². The van der Waals surface area contributed by atoms with Gasteiger partial charge in [0.2, 0.25) is 0 Å². The van der Waals surface area contributed by atoms with E-state index in [1.165, 1.54) is 58.0 Å². The molecule has 2 unspecified atom stereocenters. The molecule has 2 fully saturated rings. The van der Waals surface area contributed by atoms with Crippen molar-refractivity contribution in [2.45, 2.75) is 64.8 Å². The minimum atomic E-state index is 0.439. The Hall–Kier alpha value is -0.0800. The van der Waals surface area contributed by atoms with Crippen molar-refractivity contribution >= 4 is 0 Å². The van der Waals surface area contributed by atoms with Crippen LogP contribution in [0.1, 0.15) is 58.8 Å². The van der Waals surface area contributed by atoms with Gasteiger partial charge >= 0.3 is 0 Å². The predicted molar refractivity (Wildman–Crippen MR) is 74.0 cm³/mol. The second-order valence-electron chi connectivity index (χ2n) is 6.74. The van der Waals surface area contributed by atoms with E-state index < -0.39 is 0 Å². The molecule has 0 spiro atoms. The molecule has 2 aliphatic rings. The van der Waals surface area contributed by atoms with Crippen molar-refractivity contribution in [2.75, 3.05) is 19.6 Å². The van der Waals surface area contributed by atoms with E-state index in [2.05, 4.69) is 18.7 Å². The normalized spacial score (nSPS) is 34.8. The molecule has 0 aromatic rings. The minimum Gasteiger partial charge on any atom is -0.330 e. The number of hydrogen-bond donors (Lipinski definition) is 1. The Morgan fingerprint density at radius 1 is 1.12 bits per heavy atom. The Balaban J connectivity index is 1.97. The van der Waals surface area contributed by atoms with Crippen molar-refractivity contribution < 1.29 is 0 Å². The average Bonchev–Trinajstić information content (AvgIpc) is 2.54. The van der Waals surface area contributed by atoms with Crippen LogP contribution in [0.25, 0.3) is 0 Å². The van der Waals surface area contributed by atoms with Crippen LogP contribution in [0.2, 0.25) is 0 Å². The third-order valence-corrected chi connectivity index (χ3v) is 5.05. The van der Waals surface area contributed by atoms with E-state index in [1.54, 1.807) is 0 Å². The number of nitrogens with zero attached hydrogens (tertiary/aromatic N) is 1. The Labute approximate surface area is 107 Å². The van der Waals surface area contributed by atoms with Crippen LogP contribution in [0.15, 0.2) is 0 Å². The van der Waals surface area contributed by atoms with Gasteiger partial charge in [0.25, 0.3) is 0 Å². The Kier molecular flexibility index (Phi) is 4.48. The average molecular weight is 238 g/mol. The van der Waals surface area contributed by atoms with Crippen LogP contribution in [-0.4, -0.2) is 30.6 Å². The summed E-state index contributed by atoms with van der Waals surface area (Å²) in [6, 6.07) is 0.775. The van der Waals surface area contributed by atoms with E-state index in [4.69, 9.17) is 5.73 Å². The maximum Gasteiger partial charge on any atom is 0.00702 e. The standard InChI is InChI=1S/C15H30N2/c1-13-9-14(2)17(10-13)12-15(11-16)7-5-3-4-6-8-15/h13-14H,3-12,16H2,1-2H3. The molecule has 2 N–H and O–H groups in total. The molecule has 0 aromatic heterocycles. The zero-order chi connectivity index (χ0) is 12.3. The van der Waals surface area contributed by atoms with Gasteiger partial charge in [0.05, 0.1) is 0 Å². The van der Waals surface area contributed by atoms with Gasteiger partial charge < -0.3 is 5.73 Å². The van der Waals surface area contributed by atoms with Crippen LogP contribution in [-0.2, 0) is 0 Å². The Morgan fingerprint density at radius 2 is 1.76 bits per heavy atom. The lowest BCUT2D eigenvalue weighted by Gasteiger charge is -2.37. The van der Waals surface area contributed by atoms with E-state index in [-0.39, 0.29) is 0 Å². The van der Waals surface area contributed by atoms with E-state index in [9.17, 15) is 0 Å². The molecule has 0 bridgehead atoms. The summed E-state index contributed by atoms with van der Waals surface area (Å²) >= 11 is 0. The summed E-state index contributed by atoms with van der Waals surface area (Å²) < 4.78 is 0. The molecule has 17 heavy (non-hydrogen) atoms. The monoisotopic (exact) mass is 238 g/mol. The summed E-state index contributed by atoms with van der Waals surface area (Å²) in [5.74, 6) is 0.880. The molecule has 1 aliphatic carbocycles. The third kappa shape index (κ3) is 3.23. The molecule has 0 radical (unpaired) electrons. The first kappa shape index (κ1) is 13.4. The fraction of sp³-hybridized carbons (Fsp3) is 1.00. The highest BCUT2D eigenvalue weighted by atomic mass is 15.2. The van der Waals surface area contributed by atoms with Gasteiger partial charge in [-0.3, -0.25) is 4.90 Å². The van der Waals surface area contributed by atoms with E-state index in [1.807, 2.05) is 0 Å². The molecule has 1 saturated heterocycles. The number of nitrogens with two attached hydrogens (primary N) is 1. The SMILES string of the molecule is CC1CC(C)N(CC2(CN)CCCCCC2)C1. The van der Waals surface area contributed by atoms with Crippen LogP contribution in [0, 0.1) is 11.3 Å². The first-order valence-electron chi connectivity index (χ1n) is 7.59. The molecule has 100 valence electrons. The zero-order valence-corrected chi connectivity index (χ0v) is 11.8. The minimum absolute atomic E-state index is 0.439. The van der Waals surface area contributed by atoms with Crippen molar-refractivity contribution in [2.24, 2.45) is 17.1 Å². The van der Waals surface area contributed by atoms with Crippen LogP contribution in [0.5, 0.6) is 0 Å². The highest BCUT2D eigenvalue weighted by Crippen LogP contribution is 2.37. The van der Waals surface area contributed by atoms with Gasteiger partial charge in [0.15, 0.2) is 0 Å². The fourth-order valence-electron chi connectivity index (χ4n) is 3.94. The molecule has 2 heteroatoms. The first-order chi connectivity index (χ1) is 8.15. The highest BCUT2D eigenvalue weighted by molar-refractivity contribution is 4.90. The molecular formula is C15H30N2. The molecule has 2 rings (SSSR count). The van der Waals surface area contributed by atoms with Gasteiger partial charge in [-0.2, -0.15) is 0 Å². The highest BCUT2D eigenvalue weighted by Gasteiger charge is 2.35. The third-order valence-electron chi connectivity index (χ3n) is 5.05. The van der Waals surface area contributed by atoms with Crippen LogP contribution < -0.4 is 5.73 Å². The number of hydrogen-bond acceptors (Lipinski definition) is 2. The maximum absolute atomic E-state index is 6.14. The van der Waals surface area contributed by atoms with Crippen molar-refractivity contribution in [1.29, 1.82) is 0 Å². The number of likely N-dealkylation sites (tertiary alicyclic amines) is 1. The molecule has 1 aliphatic heterocycles. The fourth-order valence-corrected chi connectivity index (χ4v) is 3.94. The smallest absolute Gasteiger partial charge is 0.00702 e. The van der Waals surface area contributed by atoms with E-state index in [0.29, 0.717) is 5.41 Å². The lowest BCUT2D eigenvalue weighted by atomic mass is 9.79. The molecule has 0 amide bonds. The van der Waals surface area contributed by atoms with Crippen LogP contribution in [0.3, 0.4) is 0 Å².